The summed E-state index contributed by atoms with van der Waals surface area (Å²) >= 11 is 6.10. The van der Waals surface area contributed by atoms with Gasteiger partial charge in [0, 0.05) is 24.7 Å². The van der Waals surface area contributed by atoms with Crippen LogP contribution in [-0.4, -0.2) is 29.8 Å². The Morgan fingerprint density at radius 1 is 1.15 bits per heavy atom. The van der Waals surface area contributed by atoms with Gasteiger partial charge < -0.3 is 10.2 Å². The Hall–Kier alpha value is -2.40. The largest absolute Gasteiger partial charge is 0.352 e. The smallest absolute Gasteiger partial charge is 0.256 e. The van der Waals surface area contributed by atoms with Crippen LogP contribution in [0.3, 0.4) is 0 Å². The summed E-state index contributed by atoms with van der Waals surface area (Å²) in [4.78, 5) is 26.6. The van der Waals surface area contributed by atoms with Crippen molar-refractivity contribution in [2.75, 3.05) is 13.1 Å². The second kappa shape index (κ2) is 8.32. The molecule has 0 radical (unpaired) electrons. The molecule has 1 saturated heterocycles. The molecule has 1 N–H and O–H groups in total. The first kappa shape index (κ1) is 18.4. The molecule has 0 bridgehead atoms. The summed E-state index contributed by atoms with van der Waals surface area (Å²) in [7, 11) is 0. The van der Waals surface area contributed by atoms with Gasteiger partial charge in [0.1, 0.15) is 5.82 Å². The van der Waals surface area contributed by atoms with E-state index in [9.17, 15) is 14.0 Å². The summed E-state index contributed by atoms with van der Waals surface area (Å²) in [6, 6.07) is 13.3. The minimum atomic E-state index is -0.539. The lowest BCUT2D eigenvalue weighted by Gasteiger charge is -2.32. The van der Waals surface area contributed by atoms with E-state index in [1.54, 1.807) is 23.1 Å². The number of hydrogen-bond acceptors (Lipinski definition) is 2. The Kier molecular flexibility index (Phi) is 5.89. The summed E-state index contributed by atoms with van der Waals surface area (Å²) in [5, 5.41) is 3.49. The highest BCUT2D eigenvalue weighted by Crippen LogP contribution is 2.21. The molecule has 0 unspecified atom stereocenters. The molecule has 2 aromatic carbocycles. The van der Waals surface area contributed by atoms with E-state index in [4.69, 9.17) is 11.6 Å². The Bertz CT molecular complexity index is 812. The van der Waals surface area contributed by atoms with Gasteiger partial charge in [0.15, 0.2) is 0 Å². The number of nitrogens with one attached hydrogen (secondary N) is 1. The number of amides is 2. The van der Waals surface area contributed by atoms with Crippen LogP contribution in [0.25, 0.3) is 0 Å². The number of nitrogens with zero attached hydrogens (tertiary/aromatic N) is 1. The molecule has 2 amide bonds. The molecule has 2 aromatic rings. The van der Waals surface area contributed by atoms with E-state index in [-0.39, 0.29) is 23.3 Å². The fourth-order valence-corrected chi connectivity index (χ4v) is 3.35. The van der Waals surface area contributed by atoms with Gasteiger partial charge in [-0.15, -0.1) is 0 Å². The average Bonchev–Trinajstić information content (AvgIpc) is 2.67. The SMILES string of the molecule is O=C(NCc1ccccc1Cl)[C@H]1CCCN(C(=O)c2ccccc2F)C1. The lowest BCUT2D eigenvalue weighted by atomic mass is 9.96. The Morgan fingerprint density at radius 3 is 2.65 bits per heavy atom. The molecule has 3 rings (SSSR count). The highest BCUT2D eigenvalue weighted by atomic mass is 35.5. The summed E-state index contributed by atoms with van der Waals surface area (Å²) in [5.41, 5.74) is 0.891. The maximum absolute atomic E-state index is 13.9. The van der Waals surface area contributed by atoms with Gasteiger partial charge in [0.25, 0.3) is 5.91 Å². The molecule has 0 aromatic heterocycles. The van der Waals surface area contributed by atoms with E-state index in [0.29, 0.717) is 37.5 Å². The topological polar surface area (TPSA) is 49.4 Å². The van der Waals surface area contributed by atoms with Crippen molar-refractivity contribution < 1.29 is 14.0 Å². The van der Waals surface area contributed by atoms with Crippen LogP contribution < -0.4 is 5.32 Å². The predicted molar refractivity (Wildman–Crippen MR) is 98.3 cm³/mol. The number of halogens is 2. The Morgan fingerprint density at radius 2 is 1.88 bits per heavy atom. The minimum absolute atomic E-state index is 0.0459. The molecule has 6 heteroatoms. The standard InChI is InChI=1S/C20H20ClFN2O2/c21-17-9-3-1-6-14(17)12-23-19(25)15-7-5-11-24(13-15)20(26)16-8-2-4-10-18(16)22/h1-4,6,8-10,15H,5,7,11-13H2,(H,23,25)/t15-/m0/s1. The van der Waals surface area contributed by atoms with Crippen LogP contribution in [0.2, 0.25) is 5.02 Å². The van der Waals surface area contributed by atoms with Crippen molar-refractivity contribution in [3.05, 3.63) is 70.5 Å². The van der Waals surface area contributed by atoms with E-state index in [2.05, 4.69) is 5.32 Å². The second-order valence-electron chi connectivity index (χ2n) is 6.38. The third kappa shape index (κ3) is 4.22. The predicted octanol–water partition coefficient (Wildman–Crippen LogP) is 3.65. The van der Waals surface area contributed by atoms with Gasteiger partial charge in [0.2, 0.25) is 5.91 Å². The van der Waals surface area contributed by atoms with Crippen LogP contribution in [0.4, 0.5) is 4.39 Å². The Balaban J connectivity index is 1.61. The quantitative estimate of drug-likeness (QED) is 0.888. The van der Waals surface area contributed by atoms with Gasteiger partial charge in [-0.3, -0.25) is 9.59 Å². The lowest BCUT2D eigenvalue weighted by molar-refractivity contribution is -0.126. The van der Waals surface area contributed by atoms with E-state index >= 15 is 0 Å². The first-order valence-corrected chi connectivity index (χ1v) is 8.99. The van der Waals surface area contributed by atoms with Crippen molar-refractivity contribution in [3.63, 3.8) is 0 Å². The molecule has 0 aliphatic carbocycles. The molecule has 0 spiro atoms. The summed E-state index contributed by atoms with van der Waals surface area (Å²) in [6.07, 6.45) is 1.42. The number of benzene rings is 2. The van der Waals surface area contributed by atoms with Crippen LogP contribution in [0, 0.1) is 11.7 Å². The monoisotopic (exact) mass is 374 g/mol. The highest BCUT2D eigenvalue weighted by molar-refractivity contribution is 6.31. The molecular weight excluding hydrogens is 355 g/mol. The molecule has 1 atom stereocenters. The van der Waals surface area contributed by atoms with Crippen molar-refractivity contribution in [1.29, 1.82) is 0 Å². The maximum Gasteiger partial charge on any atom is 0.256 e. The van der Waals surface area contributed by atoms with Crippen molar-refractivity contribution in [1.82, 2.24) is 10.2 Å². The molecular formula is C20H20ClFN2O2. The number of carbonyl (C=O) groups is 2. The molecule has 1 aliphatic heterocycles. The third-order valence-corrected chi connectivity index (χ3v) is 4.96. The zero-order valence-electron chi connectivity index (χ0n) is 14.3. The van der Waals surface area contributed by atoms with Crippen LogP contribution in [0.1, 0.15) is 28.8 Å². The van der Waals surface area contributed by atoms with Gasteiger partial charge in [-0.2, -0.15) is 0 Å². The molecule has 136 valence electrons. The average molecular weight is 375 g/mol. The molecule has 0 saturated carbocycles. The number of piperidine rings is 1. The molecule has 4 nitrogen and oxygen atoms in total. The summed E-state index contributed by atoms with van der Waals surface area (Å²) in [6.45, 7) is 1.17. The number of hydrogen-bond donors (Lipinski definition) is 1. The van der Waals surface area contributed by atoms with Crippen LogP contribution >= 0.6 is 11.6 Å². The maximum atomic E-state index is 13.9. The fourth-order valence-electron chi connectivity index (χ4n) is 3.15. The molecule has 1 aliphatic rings. The normalized spacial score (nSPS) is 17.0. The molecule has 1 fully saturated rings. The molecule has 26 heavy (non-hydrogen) atoms. The van der Waals surface area contributed by atoms with E-state index < -0.39 is 5.82 Å². The summed E-state index contributed by atoms with van der Waals surface area (Å²) in [5.74, 6) is -1.33. The Labute approximate surface area is 157 Å². The first-order valence-electron chi connectivity index (χ1n) is 8.61. The van der Waals surface area contributed by atoms with Crippen LogP contribution in [-0.2, 0) is 11.3 Å². The number of rotatable bonds is 4. The van der Waals surface area contributed by atoms with Crippen molar-refractivity contribution in [2.24, 2.45) is 5.92 Å². The first-order chi connectivity index (χ1) is 12.6. The highest BCUT2D eigenvalue weighted by Gasteiger charge is 2.29. The van der Waals surface area contributed by atoms with E-state index in [1.807, 2.05) is 18.2 Å². The van der Waals surface area contributed by atoms with Crippen LogP contribution in [0.5, 0.6) is 0 Å². The van der Waals surface area contributed by atoms with Gasteiger partial charge in [0.05, 0.1) is 11.5 Å². The van der Waals surface area contributed by atoms with Gasteiger partial charge in [-0.25, -0.2) is 4.39 Å². The third-order valence-electron chi connectivity index (χ3n) is 4.59. The van der Waals surface area contributed by atoms with Crippen molar-refractivity contribution in [2.45, 2.75) is 19.4 Å². The minimum Gasteiger partial charge on any atom is -0.352 e. The number of carbonyl (C=O) groups excluding carboxylic acids is 2. The van der Waals surface area contributed by atoms with Crippen molar-refractivity contribution in [3.8, 4) is 0 Å². The number of likely N-dealkylation sites (tertiary alicyclic amines) is 1. The fraction of sp³-hybridized carbons (Fsp3) is 0.300. The molecule has 1 heterocycles. The zero-order valence-corrected chi connectivity index (χ0v) is 15.0. The zero-order chi connectivity index (χ0) is 18.5. The second-order valence-corrected chi connectivity index (χ2v) is 6.79. The van der Waals surface area contributed by atoms with Gasteiger partial charge in [-0.05, 0) is 36.6 Å². The van der Waals surface area contributed by atoms with Crippen molar-refractivity contribution >= 4 is 23.4 Å². The van der Waals surface area contributed by atoms with Crippen LogP contribution in [0.15, 0.2) is 48.5 Å². The van der Waals surface area contributed by atoms with Gasteiger partial charge in [-0.1, -0.05) is 41.9 Å². The van der Waals surface area contributed by atoms with E-state index in [1.165, 1.54) is 12.1 Å². The summed E-state index contributed by atoms with van der Waals surface area (Å²) < 4.78 is 13.9. The van der Waals surface area contributed by atoms with E-state index in [0.717, 1.165) is 5.56 Å². The lowest BCUT2D eigenvalue weighted by Crippen LogP contribution is -2.45. The van der Waals surface area contributed by atoms with Gasteiger partial charge >= 0.3 is 0 Å².